The number of ether oxygens (including phenoxy) is 4. The van der Waals surface area contributed by atoms with E-state index in [4.69, 9.17) is 18.9 Å². The van der Waals surface area contributed by atoms with Crippen molar-refractivity contribution in [3.8, 4) is 17.2 Å². The van der Waals surface area contributed by atoms with E-state index in [2.05, 4.69) is 4.99 Å². The number of carbonyl (C=O) groups excluding carboxylic acids is 1. The molecule has 0 amide bonds. The van der Waals surface area contributed by atoms with Crippen molar-refractivity contribution in [3.05, 3.63) is 95.2 Å². The zero-order valence-electron chi connectivity index (χ0n) is 18.6. The third-order valence-corrected chi connectivity index (χ3v) is 4.81. The molecule has 0 fully saturated rings. The van der Waals surface area contributed by atoms with Crippen LogP contribution < -0.4 is 14.2 Å². The molecule has 0 saturated carbocycles. The Morgan fingerprint density at radius 2 is 1.70 bits per heavy atom. The minimum absolute atomic E-state index is 0.233. The summed E-state index contributed by atoms with van der Waals surface area (Å²) in [6.07, 6.45) is 1.67. The molecule has 1 aliphatic rings. The lowest BCUT2D eigenvalue weighted by Crippen LogP contribution is -2.10. The average Bonchev–Trinajstić information content (AvgIpc) is 3.19. The molecule has 0 aliphatic carbocycles. The van der Waals surface area contributed by atoms with Crippen molar-refractivity contribution in [3.63, 3.8) is 0 Å². The van der Waals surface area contributed by atoms with E-state index in [0.29, 0.717) is 37.2 Å². The van der Waals surface area contributed by atoms with Gasteiger partial charge in [-0.05, 0) is 67.4 Å². The van der Waals surface area contributed by atoms with Crippen LogP contribution in [0, 0.1) is 6.92 Å². The number of cyclic esters (lactones) is 1. The minimum atomic E-state index is -0.486. The Balaban J connectivity index is 1.44. The van der Waals surface area contributed by atoms with E-state index in [1.165, 1.54) is 0 Å². The van der Waals surface area contributed by atoms with Gasteiger partial charge in [-0.25, -0.2) is 9.79 Å². The third-order valence-electron chi connectivity index (χ3n) is 4.81. The summed E-state index contributed by atoms with van der Waals surface area (Å²) >= 11 is 0. The molecule has 4 rings (SSSR count). The predicted octanol–water partition coefficient (Wildman–Crippen LogP) is 5.20. The van der Waals surface area contributed by atoms with Crippen molar-refractivity contribution in [2.24, 2.45) is 4.99 Å². The quantitative estimate of drug-likeness (QED) is 0.258. The van der Waals surface area contributed by atoms with Gasteiger partial charge in [-0.2, -0.15) is 0 Å². The first-order valence-corrected chi connectivity index (χ1v) is 10.8. The topological polar surface area (TPSA) is 66.4 Å². The summed E-state index contributed by atoms with van der Waals surface area (Å²) in [5.41, 5.74) is 2.88. The number of nitrogens with zero attached hydrogens (tertiary/aromatic N) is 1. The largest absolute Gasteiger partial charge is 0.490 e. The molecule has 3 aromatic rings. The highest BCUT2D eigenvalue weighted by atomic mass is 16.6. The van der Waals surface area contributed by atoms with Gasteiger partial charge in [-0.15, -0.1) is 0 Å². The maximum Gasteiger partial charge on any atom is 0.363 e. The molecule has 33 heavy (non-hydrogen) atoms. The number of aryl methyl sites for hydroxylation is 1. The van der Waals surface area contributed by atoms with Crippen molar-refractivity contribution in [1.29, 1.82) is 0 Å². The summed E-state index contributed by atoms with van der Waals surface area (Å²) < 4.78 is 22.7. The Kier molecular flexibility index (Phi) is 7.05. The maximum absolute atomic E-state index is 12.3. The van der Waals surface area contributed by atoms with E-state index in [1.54, 1.807) is 6.08 Å². The van der Waals surface area contributed by atoms with E-state index in [-0.39, 0.29) is 5.70 Å². The van der Waals surface area contributed by atoms with Gasteiger partial charge in [0.1, 0.15) is 19.0 Å². The van der Waals surface area contributed by atoms with Crippen LogP contribution in [0.25, 0.3) is 6.08 Å². The van der Waals surface area contributed by atoms with Crippen molar-refractivity contribution in [1.82, 2.24) is 0 Å². The van der Waals surface area contributed by atoms with Crippen LogP contribution in [0.15, 0.2) is 83.5 Å². The summed E-state index contributed by atoms with van der Waals surface area (Å²) in [6.45, 7) is 5.18. The molecule has 0 saturated heterocycles. The fourth-order valence-corrected chi connectivity index (χ4v) is 3.29. The van der Waals surface area contributed by atoms with Crippen molar-refractivity contribution in [2.75, 3.05) is 19.8 Å². The fraction of sp³-hybridized carbons (Fsp3) is 0.185. The van der Waals surface area contributed by atoms with Crippen molar-refractivity contribution < 1.29 is 23.7 Å². The van der Waals surface area contributed by atoms with E-state index < -0.39 is 5.97 Å². The van der Waals surface area contributed by atoms with Gasteiger partial charge in [0, 0.05) is 5.56 Å². The van der Waals surface area contributed by atoms with Gasteiger partial charge in [-0.3, -0.25) is 0 Å². The molecule has 0 aromatic heterocycles. The van der Waals surface area contributed by atoms with Gasteiger partial charge in [0.2, 0.25) is 5.90 Å². The molecule has 1 heterocycles. The normalized spacial score (nSPS) is 14.1. The summed E-state index contributed by atoms with van der Waals surface area (Å²) in [6, 6.07) is 22.7. The molecule has 3 aromatic carbocycles. The molecule has 0 atom stereocenters. The standard InChI is InChI=1S/C27H25NO5/c1-3-30-25-18-20(17-23-27(29)33-26(28-23)21-9-5-4-6-10-21)12-13-24(25)32-15-14-31-22-11-7-8-19(2)16-22/h4-13,16-18H,3,14-15H2,1-2H3/b23-17-. The predicted molar refractivity (Wildman–Crippen MR) is 127 cm³/mol. The Bertz CT molecular complexity index is 1180. The van der Waals surface area contributed by atoms with Crippen LogP contribution in [-0.2, 0) is 9.53 Å². The van der Waals surface area contributed by atoms with Gasteiger partial charge < -0.3 is 18.9 Å². The zero-order chi connectivity index (χ0) is 23.0. The van der Waals surface area contributed by atoms with Crippen LogP contribution in [-0.4, -0.2) is 31.7 Å². The Labute approximate surface area is 193 Å². The molecule has 0 radical (unpaired) electrons. The lowest BCUT2D eigenvalue weighted by molar-refractivity contribution is -0.129. The molecular formula is C27H25NO5. The van der Waals surface area contributed by atoms with Gasteiger partial charge in [-0.1, -0.05) is 36.4 Å². The number of esters is 1. The molecule has 0 bridgehead atoms. The highest BCUT2D eigenvalue weighted by molar-refractivity contribution is 6.12. The lowest BCUT2D eigenvalue weighted by Gasteiger charge is -2.13. The van der Waals surface area contributed by atoms with Crippen LogP contribution >= 0.6 is 0 Å². The van der Waals surface area contributed by atoms with Crippen LogP contribution in [0.2, 0.25) is 0 Å². The van der Waals surface area contributed by atoms with Crippen LogP contribution in [0.5, 0.6) is 17.2 Å². The van der Waals surface area contributed by atoms with Crippen molar-refractivity contribution in [2.45, 2.75) is 13.8 Å². The highest BCUT2D eigenvalue weighted by Gasteiger charge is 2.24. The second kappa shape index (κ2) is 10.5. The summed E-state index contributed by atoms with van der Waals surface area (Å²) in [7, 11) is 0. The van der Waals surface area contributed by atoms with Crippen LogP contribution in [0.1, 0.15) is 23.6 Å². The second-order valence-electron chi connectivity index (χ2n) is 7.35. The maximum atomic E-state index is 12.3. The first-order chi connectivity index (χ1) is 16.1. The molecule has 0 spiro atoms. The van der Waals surface area contributed by atoms with Crippen molar-refractivity contribution >= 4 is 17.9 Å². The van der Waals surface area contributed by atoms with E-state index in [9.17, 15) is 4.79 Å². The summed E-state index contributed by atoms with van der Waals surface area (Å²) in [5, 5.41) is 0. The number of rotatable bonds is 9. The zero-order valence-corrected chi connectivity index (χ0v) is 18.6. The Morgan fingerprint density at radius 3 is 2.48 bits per heavy atom. The first-order valence-electron chi connectivity index (χ1n) is 10.8. The smallest absolute Gasteiger partial charge is 0.363 e. The average molecular weight is 443 g/mol. The lowest BCUT2D eigenvalue weighted by atomic mass is 10.1. The van der Waals surface area contributed by atoms with Gasteiger partial charge >= 0.3 is 5.97 Å². The van der Waals surface area contributed by atoms with Gasteiger partial charge in [0.15, 0.2) is 17.2 Å². The van der Waals surface area contributed by atoms with Gasteiger partial charge in [0.25, 0.3) is 0 Å². The SMILES string of the molecule is CCOc1cc(/C=C2\N=C(c3ccccc3)OC2=O)ccc1OCCOc1cccc(C)c1. The molecule has 0 N–H and O–H groups in total. The number of hydrogen-bond acceptors (Lipinski definition) is 6. The summed E-state index contributed by atoms with van der Waals surface area (Å²) in [4.78, 5) is 16.6. The molecule has 0 unspecified atom stereocenters. The number of hydrogen-bond donors (Lipinski definition) is 0. The van der Waals surface area contributed by atoms with E-state index in [1.807, 2.05) is 86.6 Å². The third kappa shape index (κ3) is 5.80. The molecule has 6 nitrogen and oxygen atoms in total. The van der Waals surface area contributed by atoms with E-state index in [0.717, 1.165) is 22.4 Å². The Hall–Kier alpha value is -4.06. The second-order valence-corrected chi connectivity index (χ2v) is 7.35. The fourth-order valence-electron chi connectivity index (χ4n) is 3.29. The van der Waals surface area contributed by atoms with Gasteiger partial charge in [0.05, 0.1) is 6.61 Å². The number of aliphatic imine (C=N–C) groups is 1. The van der Waals surface area contributed by atoms with Crippen LogP contribution in [0.4, 0.5) is 0 Å². The summed E-state index contributed by atoms with van der Waals surface area (Å²) in [5.74, 6) is 1.81. The monoisotopic (exact) mass is 443 g/mol. The molecule has 1 aliphatic heterocycles. The minimum Gasteiger partial charge on any atom is -0.490 e. The first kappa shape index (κ1) is 22.1. The molecule has 168 valence electrons. The molecular weight excluding hydrogens is 418 g/mol. The van der Waals surface area contributed by atoms with E-state index >= 15 is 0 Å². The highest BCUT2D eigenvalue weighted by Crippen LogP contribution is 2.30. The number of benzene rings is 3. The van der Waals surface area contributed by atoms with Crippen LogP contribution in [0.3, 0.4) is 0 Å². The number of carbonyl (C=O) groups is 1. The Morgan fingerprint density at radius 1 is 0.879 bits per heavy atom. The molecule has 6 heteroatoms.